The van der Waals surface area contributed by atoms with Crippen molar-refractivity contribution in [1.29, 1.82) is 0 Å². The zero-order valence-corrected chi connectivity index (χ0v) is 13.4. The first-order valence-electron chi connectivity index (χ1n) is 7.58. The first-order valence-corrected chi connectivity index (χ1v) is 7.58. The highest BCUT2D eigenvalue weighted by Crippen LogP contribution is 2.28. The number of aromatic nitrogens is 2. The van der Waals surface area contributed by atoms with Crippen LogP contribution in [0.5, 0.6) is 0 Å². The third kappa shape index (κ3) is 5.57. The van der Waals surface area contributed by atoms with Gasteiger partial charge >= 0.3 is 5.97 Å². The van der Waals surface area contributed by atoms with Crippen LogP contribution in [0.3, 0.4) is 0 Å². The second-order valence-corrected chi connectivity index (χ2v) is 5.05. The summed E-state index contributed by atoms with van der Waals surface area (Å²) in [5, 5.41) is 6.53. The molecule has 118 valence electrons. The van der Waals surface area contributed by atoms with E-state index in [1.165, 1.54) is 6.33 Å². The Morgan fingerprint density at radius 2 is 1.81 bits per heavy atom. The van der Waals surface area contributed by atoms with Gasteiger partial charge in [0, 0.05) is 18.7 Å². The van der Waals surface area contributed by atoms with Gasteiger partial charge in [0.05, 0.1) is 13.0 Å². The average Bonchev–Trinajstić information content (AvgIpc) is 2.45. The predicted molar refractivity (Wildman–Crippen MR) is 84.6 cm³/mol. The highest BCUT2D eigenvalue weighted by molar-refractivity contribution is 5.70. The number of nitrogens with zero attached hydrogens (tertiary/aromatic N) is 2. The quantitative estimate of drug-likeness (QED) is 0.682. The molecule has 0 fully saturated rings. The van der Waals surface area contributed by atoms with Gasteiger partial charge in [0.25, 0.3) is 0 Å². The van der Waals surface area contributed by atoms with Crippen LogP contribution in [-0.4, -0.2) is 35.6 Å². The van der Waals surface area contributed by atoms with Crippen LogP contribution in [0.2, 0.25) is 0 Å². The van der Waals surface area contributed by atoms with Crippen LogP contribution in [0.4, 0.5) is 11.6 Å². The van der Waals surface area contributed by atoms with Gasteiger partial charge in [0.2, 0.25) is 0 Å². The van der Waals surface area contributed by atoms with Crippen molar-refractivity contribution >= 4 is 17.6 Å². The van der Waals surface area contributed by atoms with Gasteiger partial charge in [-0.05, 0) is 19.3 Å². The number of hydrogen-bond acceptors (Lipinski definition) is 6. The molecule has 1 aromatic heterocycles. The zero-order valence-electron chi connectivity index (χ0n) is 13.4. The second kappa shape index (κ2) is 9.15. The zero-order chi connectivity index (χ0) is 15.7. The number of ether oxygens (including phenoxy) is 1. The van der Waals surface area contributed by atoms with Crippen molar-refractivity contribution < 1.29 is 9.53 Å². The van der Waals surface area contributed by atoms with E-state index in [1.54, 1.807) is 6.92 Å². The van der Waals surface area contributed by atoms with Crippen molar-refractivity contribution in [1.82, 2.24) is 9.97 Å². The summed E-state index contributed by atoms with van der Waals surface area (Å²) in [5.41, 5.74) is 1.05. The minimum absolute atomic E-state index is 0.200. The summed E-state index contributed by atoms with van der Waals surface area (Å²) < 4.78 is 4.91. The van der Waals surface area contributed by atoms with Crippen LogP contribution in [0.15, 0.2) is 6.33 Å². The minimum atomic E-state index is -0.200. The average molecular weight is 294 g/mol. The fourth-order valence-electron chi connectivity index (χ4n) is 1.98. The lowest BCUT2D eigenvalue weighted by Gasteiger charge is -2.17. The largest absolute Gasteiger partial charge is 0.466 e. The minimum Gasteiger partial charge on any atom is -0.466 e. The van der Waals surface area contributed by atoms with Crippen molar-refractivity contribution in [2.24, 2.45) is 0 Å². The Bertz CT molecular complexity index is 449. The Hall–Kier alpha value is -1.85. The smallest absolute Gasteiger partial charge is 0.307 e. The molecule has 0 amide bonds. The molecule has 0 saturated heterocycles. The van der Waals surface area contributed by atoms with Gasteiger partial charge in [-0.1, -0.05) is 20.8 Å². The van der Waals surface area contributed by atoms with E-state index >= 15 is 0 Å². The molecule has 0 aliphatic heterocycles. The van der Waals surface area contributed by atoms with Gasteiger partial charge in [-0.15, -0.1) is 0 Å². The molecule has 21 heavy (non-hydrogen) atoms. The van der Waals surface area contributed by atoms with Gasteiger partial charge in [-0.25, -0.2) is 9.97 Å². The highest BCUT2D eigenvalue weighted by Gasteiger charge is 2.14. The van der Waals surface area contributed by atoms with E-state index < -0.39 is 0 Å². The lowest BCUT2D eigenvalue weighted by Crippen LogP contribution is -2.15. The molecule has 1 aromatic rings. The molecule has 0 saturated carbocycles. The first-order chi connectivity index (χ1) is 10.1. The predicted octanol–water partition coefficient (Wildman–Crippen LogP) is 2.79. The second-order valence-electron chi connectivity index (χ2n) is 5.05. The Morgan fingerprint density at radius 1 is 1.19 bits per heavy atom. The fourth-order valence-corrected chi connectivity index (χ4v) is 1.98. The van der Waals surface area contributed by atoms with Crippen LogP contribution in [0.25, 0.3) is 0 Å². The van der Waals surface area contributed by atoms with Gasteiger partial charge in [0.1, 0.15) is 18.0 Å². The van der Waals surface area contributed by atoms with Crippen molar-refractivity contribution in [3.63, 3.8) is 0 Å². The molecule has 0 aromatic carbocycles. The van der Waals surface area contributed by atoms with E-state index in [0.29, 0.717) is 19.6 Å². The maximum absolute atomic E-state index is 11.4. The van der Waals surface area contributed by atoms with E-state index in [9.17, 15) is 4.79 Å². The number of esters is 1. The number of anilines is 2. The SMILES string of the molecule is CCCNc1ncnc(NCCC(=O)OCC)c1C(C)C. The molecule has 0 atom stereocenters. The van der Waals surface area contributed by atoms with Gasteiger partial charge in [-0.2, -0.15) is 0 Å². The van der Waals surface area contributed by atoms with Crippen molar-refractivity contribution in [2.45, 2.75) is 46.5 Å². The molecule has 0 radical (unpaired) electrons. The Kier molecular flexibility index (Phi) is 7.50. The van der Waals surface area contributed by atoms with Crippen molar-refractivity contribution in [3.05, 3.63) is 11.9 Å². The van der Waals surface area contributed by atoms with Crippen LogP contribution >= 0.6 is 0 Å². The molecule has 0 spiro atoms. The molecule has 2 N–H and O–H groups in total. The standard InChI is InChI=1S/C15H26N4O2/c1-5-8-16-14-13(11(3)4)15(19-10-18-14)17-9-7-12(20)21-6-2/h10-11H,5-9H2,1-4H3,(H2,16,17,18,19). The molecule has 6 heteroatoms. The molecule has 0 bridgehead atoms. The molecular formula is C15H26N4O2. The van der Waals surface area contributed by atoms with E-state index in [0.717, 1.165) is 30.2 Å². The van der Waals surface area contributed by atoms with Gasteiger partial charge < -0.3 is 15.4 Å². The number of rotatable bonds is 9. The molecule has 0 aliphatic rings. The summed E-state index contributed by atoms with van der Waals surface area (Å²) >= 11 is 0. The number of hydrogen-bond donors (Lipinski definition) is 2. The van der Waals surface area contributed by atoms with Crippen LogP contribution in [0.1, 0.15) is 52.0 Å². The lowest BCUT2D eigenvalue weighted by atomic mass is 10.0. The molecule has 0 aliphatic carbocycles. The first kappa shape index (κ1) is 17.2. The van der Waals surface area contributed by atoms with Crippen molar-refractivity contribution in [2.75, 3.05) is 30.3 Å². The molecule has 1 heterocycles. The summed E-state index contributed by atoms with van der Waals surface area (Å²) in [6.45, 7) is 9.91. The van der Waals surface area contributed by atoms with Crippen LogP contribution in [0, 0.1) is 0 Å². The fraction of sp³-hybridized carbons (Fsp3) is 0.667. The third-order valence-electron chi connectivity index (χ3n) is 2.93. The van der Waals surface area contributed by atoms with E-state index in [4.69, 9.17) is 4.74 Å². The normalized spacial score (nSPS) is 10.5. The van der Waals surface area contributed by atoms with Crippen LogP contribution < -0.4 is 10.6 Å². The number of carbonyl (C=O) groups is 1. The summed E-state index contributed by atoms with van der Waals surface area (Å²) in [7, 11) is 0. The Labute approximate surface area is 126 Å². The van der Waals surface area contributed by atoms with E-state index in [1.807, 2.05) is 0 Å². The monoisotopic (exact) mass is 294 g/mol. The summed E-state index contributed by atoms with van der Waals surface area (Å²) in [6, 6.07) is 0. The summed E-state index contributed by atoms with van der Waals surface area (Å²) in [6.07, 6.45) is 2.90. The topological polar surface area (TPSA) is 76.1 Å². The third-order valence-corrected chi connectivity index (χ3v) is 2.93. The summed E-state index contributed by atoms with van der Waals surface area (Å²) in [4.78, 5) is 20.0. The number of carbonyl (C=O) groups excluding carboxylic acids is 1. The van der Waals surface area contributed by atoms with E-state index in [2.05, 4.69) is 41.4 Å². The Morgan fingerprint density at radius 3 is 2.33 bits per heavy atom. The van der Waals surface area contributed by atoms with E-state index in [-0.39, 0.29) is 11.9 Å². The summed E-state index contributed by atoms with van der Waals surface area (Å²) in [5.74, 6) is 1.73. The van der Waals surface area contributed by atoms with Gasteiger partial charge in [-0.3, -0.25) is 4.79 Å². The van der Waals surface area contributed by atoms with Gasteiger partial charge in [0.15, 0.2) is 0 Å². The van der Waals surface area contributed by atoms with Crippen molar-refractivity contribution in [3.8, 4) is 0 Å². The molecule has 0 unspecified atom stereocenters. The maximum Gasteiger partial charge on any atom is 0.307 e. The highest BCUT2D eigenvalue weighted by atomic mass is 16.5. The maximum atomic E-state index is 11.4. The Balaban J connectivity index is 2.74. The molecule has 6 nitrogen and oxygen atoms in total. The lowest BCUT2D eigenvalue weighted by molar-refractivity contribution is -0.142. The number of nitrogens with one attached hydrogen (secondary N) is 2. The van der Waals surface area contributed by atoms with Crippen LogP contribution in [-0.2, 0) is 9.53 Å². The molecule has 1 rings (SSSR count). The molecular weight excluding hydrogens is 268 g/mol.